The van der Waals surface area contributed by atoms with Crippen molar-refractivity contribution in [3.8, 4) is 6.07 Å². The van der Waals surface area contributed by atoms with Gasteiger partial charge in [-0.2, -0.15) is 5.26 Å². The molecule has 11 heavy (non-hydrogen) atoms. The minimum absolute atomic E-state index is 0.537. The summed E-state index contributed by atoms with van der Waals surface area (Å²) in [5.41, 5.74) is 2.00. The van der Waals surface area contributed by atoms with Crippen LogP contribution in [0.2, 0.25) is 0 Å². The highest BCUT2D eigenvalue weighted by Gasteiger charge is 2.02. The summed E-state index contributed by atoms with van der Waals surface area (Å²) in [7, 11) is 0. The first-order chi connectivity index (χ1) is 5.29. The fourth-order valence-corrected chi connectivity index (χ4v) is 0.951. The second kappa shape index (κ2) is 3.18. The molecule has 1 N–H and O–H groups in total. The van der Waals surface area contributed by atoms with E-state index in [1.54, 1.807) is 12.1 Å². The largest absolute Gasteiger partial charge is 0.385 e. The van der Waals surface area contributed by atoms with Crippen molar-refractivity contribution in [2.24, 2.45) is 0 Å². The number of hydrogen-bond donors (Lipinski definition) is 1. The molecule has 0 amide bonds. The zero-order valence-corrected chi connectivity index (χ0v) is 6.20. The van der Waals surface area contributed by atoms with Gasteiger partial charge in [-0.25, -0.2) is 0 Å². The molecule has 2 nitrogen and oxygen atoms in total. The monoisotopic (exact) mass is 146 g/mol. The standard InChI is InChI=1S/C9H8NO/c1-7-3-2-4-8(6-11)9(7)5-10/h2-4,6,11H,1H3. The SMILES string of the molecule is Cc1cccc([CH]O)c1C#N. The van der Waals surface area contributed by atoms with Crippen LogP contribution in [0.4, 0.5) is 0 Å². The Morgan fingerprint density at radius 1 is 1.55 bits per heavy atom. The predicted molar refractivity (Wildman–Crippen MR) is 41.2 cm³/mol. The van der Waals surface area contributed by atoms with Gasteiger partial charge in [-0.15, -0.1) is 0 Å². The van der Waals surface area contributed by atoms with E-state index < -0.39 is 0 Å². The Balaban J connectivity index is 3.27. The fraction of sp³-hybridized carbons (Fsp3) is 0.111. The summed E-state index contributed by atoms with van der Waals surface area (Å²) >= 11 is 0. The highest BCUT2D eigenvalue weighted by atomic mass is 16.3. The molecule has 2 heteroatoms. The van der Waals surface area contributed by atoms with Crippen LogP contribution in [0.15, 0.2) is 18.2 Å². The van der Waals surface area contributed by atoms with Gasteiger partial charge < -0.3 is 5.11 Å². The number of aliphatic hydroxyl groups is 1. The maximum absolute atomic E-state index is 8.70. The normalized spacial score (nSPS) is 9.18. The van der Waals surface area contributed by atoms with Gasteiger partial charge in [0.25, 0.3) is 0 Å². The van der Waals surface area contributed by atoms with Crippen LogP contribution in [0.5, 0.6) is 0 Å². The van der Waals surface area contributed by atoms with Crippen LogP contribution in [-0.2, 0) is 0 Å². The number of aliphatic hydroxyl groups excluding tert-OH is 1. The molecule has 0 bridgehead atoms. The van der Waals surface area contributed by atoms with E-state index >= 15 is 0 Å². The Kier molecular flexibility index (Phi) is 2.25. The first-order valence-electron chi connectivity index (χ1n) is 3.26. The lowest BCUT2D eigenvalue weighted by Crippen LogP contribution is -1.89. The Hall–Kier alpha value is -1.33. The van der Waals surface area contributed by atoms with Crippen molar-refractivity contribution >= 4 is 0 Å². The molecule has 0 atom stereocenters. The molecule has 0 spiro atoms. The van der Waals surface area contributed by atoms with Crippen molar-refractivity contribution in [1.29, 1.82) is 5.26 Å². The van der Waals surface area contributed by atoms with Gasteiger partial charge in [-0.05, 0) is 12.5 Å². The number of nitriles is 1. The van der Waals surface area contributed by atoms with Crippen molar-refractivity contribution in [3.63, 3.8) is 0 Å². The second-order valence-electron chi connectivity index (χ2n) is 2.28. The predicted octanol–water partition coefficient (Wildman–Crippen LogP) is 1.75. The molecule has 0 heterocycles. The van der Waals surface area contributed by atoms with Gasteiger partial charge in [0.1, 0.15) is 6.61 Å². The Bertz CT molecular complexity index is 299. The van der Waals surface area contributed by atoms with Crippen LogP contribution in [0.3, 0.4) is 0 Å². The van der Waals surface area contributed by atoms with E-state index in [2.05, 4.69) is 0 Å². The van der Waals surface area contributed by atoms with Gasteiger partial charge in [-0.1, -0.05) is 18.2 Å². The quantitative estimate of drug-likeness (QED) is 0.655. The lowest BCUT2D eigenvalue weighted by molar-refractivity contribution is 0.414. The zero-order valence-electron chi connectivity index (χ0n) is 6.20. The van der Waals surface area contributed by atoms with E-state index in [1.165, 1.54) is 0 Å². The maximum atomic E-state index is 8.70. The highest BCUT2D eigenvalue weighted by Crippen LogP contribution is 2.13. The van der Waals surface area contributed by atoms with Crippen LogP contribution in [0, 0.1) is 24.9 Å². The summed E-state index contributed by atoms with van der Waals surface area (Å²) in [5, 5.41) is 17.3. The van der Waals surface area contributed by atoms with E-state index in [0.29, 0.717) is 11.1 Å². The molecule has 0 aromatic heterocycles. The molecule has 0 aliphatic heterocycles. The third-order valence-electron chi connectivity index (χ3n) is 1.56. The molecule has 1 radical (unpaired) electrons. The van der Waals surface area contributed by atoms with Gasteiger partial charge in [0.05, 0.1) is 11.6 Å². The first-order valence-corrected chi connectivity index (χ1v) is 3.26. The molecule has 0 saturated heterocycles. The molecule has 0 fully saturated rings. The minimum Gasteiger partial charge on any atom is -0.385 e. The number of rotatable bonds is 1. The fourth-order valence-electron chi connectivity index (χ4n) is 0.951. The van der Waals surface area contributed by atoms with Crippen molar-refractivity contribution in [3.05, 3.63) is 41.5 Å². The van der Waals surface area contributed by atoms with Crippen molar-refractivity contribution in [2.45, 2.75) is 6.92 Å². The number of aryl methyl sites for hydroxylation is 1. The van der Waals surface area contributed by atoms with Crippen LogP contribution in [-0.4, -0.2) is 5.11 Å². The molecule has 55 valence electrons. The topological polar surface area (TPSA) is 44.0 Å². The molecule has 0 saturated carbocycles. The van der Waals surface area contributed by atoms with Gasteiger partial charge in [0.2, 0.25) is 0 Å². The molecule has 0 aliphatic rings. The number of nitrogens with zero attached hydrogens (tertiary/aromatic N) is 1. The highest BCUT2D eigenvalue weighted by molar-refractivity contribution is 5.45. The summed E-state index contributed by atoms with van der Waals surface area (Å²) < 4.78 is 0. The minimum atomic E-state index is 0.537. The summed E-state index contributed by atoms with van der Waals surface area (Å²) in [5.74, 6) is 0. The van der Waals surface area contributed by atoms with E-state index in [4.69, 9.17) is 10.4 Å². The Morgan fingerprint density at radius 2 is 2.27 bits per heavy atom. The third kappa shape index (κ3) is 1.39. The average Bonchev–Trinajstić information content (AvgIpc) is 2.04. The van der Waals surface area contributed by atoms with Crippen molar-refractivity contribution in [1.82, 2.24) is 0 Å². The summed E-state index contributed by atoms with van der Waals surface area (Å²) in [4.78, 5) is 0. The molecule has 1 rings (SSSR count). The Morgan fingerprint density at radius 3 is 2.73 bits per heavy atom. The van der Waals surface area contributed by atoms with Crippen LogP contribution >= 0.6 is 0 Å². The number of hydrogen-bond acceptors (Lipinski definition) is 2. The van der Waals surface area contributed by atoms with Gasteiger partial charge in [-0.3, -0.25) is 0 Å². The summed E-state index contributed by atoms with van der Waals surface area (Å²) in [6, 6.07) is 7.37. The van der Waals surface area contributed by atoms with Crippen molar-refractivity contribution in [2.75, 3.05) is 0 Å². The smallest absolute Gasteiger partial charge is 0.110 e. The van der Waals surface area contributed by atoms with Crippen LogP contribution < -0.4 is 0 Å². The van der Waals surface area contributed by atoms with Crippen LogP contribution in [0.25, 0.3) is 0 Å². The lowest BCUT2D eigenvalue weighted by Gasteiger charge is -2.00. The van der Waals surface area contributed by atoms with E-state index in [-0.39, 0.29) is 0 Å². The third-order valence-corrected chi connectivity index (χ3v) is 1.56. The molecular formula is C9H8NO. The average molecular weight is 146 g/mol. The van der Waals surface area contributed by atoms with Gasteiger partial charge in [0, 0.05) is 5.56 Å². The van der Waals surface area contributed by atoms with E-state index in [9.17, 15) is 0 Å². The number of benzene rings is 1. The maximum Gasteiger partial charge on any atom is 0.110 e. The molecular weight excluding hydrogens is 138 g/mol. The Labute approximate surface area is 65.7 Å². The lowest BCUT2D eigenvalue weighted by atomic mass is 10.0. The summed E-state index contributed by atoms with van der Waals surface area (Å²) in [6.45, 7) is 2.79. The van der Waals surface area contributed by atoms with Gasteiger partial charge >= 0.3 is 0 Å². The zero-order chi connectivity index (χ0) is 8.27. The molecule has 1 aromatic rings. The van der Waals surface area contributed by atoms with Gasteiger partial charge in [0.15, 0.2) is 0 Å². The molecule has 0 aliphatic carbocycles. The molecule has 1 aromatic carbocycles. The van der Waals surface area contributed by atoms with E-state index in [0.717, 1.165) is 12.2 Å². The summed E-state index contributed by atoms with van der Waals surface area (Å²) in [6.07, 6.45) is 0. The first kappa shape index (κ1) is 7.77. The van der Waals surface area contributed by atoms with Crippen molar-refractivity contribution < 1.29 is 5.11 Å². The van der Waals surface area contributed by atoms with Crippen LogP contribution in [0.1, 0.15) is 16.7 Å². The second-order valence-corrected chi connectivity index (χ2v) is 2.28. The molecule has 0 unspecified atom stereocenters. The van der Waals surface area contributed by atoms with E-state index in [1.807, 2.05) is 19.1 Å².